The highest BCUT2D eigenvalue weighted by Gasteiger charge is 2.19. The second-order valence-corrected chi connectivity index (χ2v) is 9.57. The van der Waals surface area contributed by atoms with Crippen LogP contribution in [0, 0.1) is 11.3 Å². The third kappa shape index (κ3) is 5.24. The summed E-state index contributed by atoms with van der Waals surface area (Å²) in [5.41, 5.74) is 3.34. The molecule has 1 saturated heterocycles. The topological polar surface area (TPSA) is 86.8 Å². The number of nitrogens with zero attached hydrogens (tertiary/aromatic N) is 4. The summed E-state index contributed by atoms with van der Waals surface area (Å²) in [4.78, 5) is 8.22. The Morgan fingerprint density at radius 1 is 1.11 bits per heavy atom. The zero-order chi connectivity index (χ0) is 29.3. The third-order valence-electron chi connectivity index (χ3n) is 6.40. The highest BCUT2D eigenvalue weighted by molar-refractivity contribution is 6.37. The van der Waals surface area contributed by atoms with Crippen LogP contribution in [0.25, 0.3) is 22.0 Å². The third-order valence-corrected chi connectivity index (χ3v) is 7.01. The van der Waals surface area contributed by atoms with Gasteiger partial charge < -0.3 is 24.1 Å². The Balaban J connectivity index is 1.49. The summed E-state index contributed by atoms with van der Waals surface area (Å²) >= 11 is 12.7. The molecule has 1 N–H and O–H groups in total. The summed E-state index contributed by atoms with van der Waals surface area (Å²) < 4.78 is 40.8. The number of furan rings is 1. The Hall–Kier alpha value is -3.48. The molecule has 0 aliphatic carbocycles. The van der Waals surface area contributed by atoms with Crippen LogP contribution in [0.2, 0.25) is 10.0 Å². The number of halogens is 2. The fourth-order valence-corrected chi connectivity index (χ4v) is 4.86. The van der Waals surface area contributed by atoms with Crippen molar-refractivity contribution < 1.29 is 18.0 Å². The van der Waals surface area contributed by atoms with Gasteiger partial charge in [-0.05, 0) is 31.3 Å². The van der Waals surface area contributed by atoms with E-state index in [1.165, 1.54) is 13.3 Å². The van der Waals surface area contributed by atoms with E-state index in [1.54, 1.807) is 36.5 Å². The van der Waals surface area contributed by atoms with Crippen LogP contribution >= 0.6 is 23.2 Å². The number of methoxy groups -OCH3 is 2. The molecule has 8 nitrogen and oxygen atoms in total. The Labute approximate surface area is 235 Å². The van der Waals surface area contributed by atoms with Crippen molar-refractivity contribution >= 4 is 45.5 Å². The number of hydrogen-bond donors (Lipinski definition) is 1. The first-order chi connectivity index (χ1) is 19.7. The predicted molar refractivity (Wildman–Crippen MR) is 150 cm³/mol. The number of nitriles is 1. The number of fused-ring (bicyclic) bond motifs is 1. The maximum atomic E-state index is 9.84. The second-order valence-electron chi connectivity index (χ2n) is 8.76. The van der Waals surface area contributed by atoms with E-state index in [1.807, 2.05) is 17.0 Å². The molecule has 38 heavy (non-hydrogen) atoms. The number of rotatable bonds is 7. The standard InChI is InChI=1S/C28H27Cl2N5O3/c1-34-4-6-35(7-5-34)15-19-8-17(16-38-19)20-9-24-21(10-26(20)36-2)28(18(13-31)14-32-24)33-25-12-27(37-3)23(30)11-22(25)29/h8-12,14,16H,4-7,15H2,1-3H3,(H,32,33)/i1D2,15D. The number of benzene rings is 2. The van der Waals surface area contributed by atoms with Crippen LogP contribution in [-0.4, -0.2) is 62.2 Å². The van der Waals surface area contributed by atoms with Crippen LogP contribution in [0.3, 0.4) is 0 Å². The van der Waals surface area contributed by atoms with E-state index in [9.17, 15) is 5.26 Å². The lowest BCUT2D eigenvalue weighted by molar-refractivity contribution is 0.140. The number of ether oxygens (including phenoxy) is 2. The van der Waals surface area contributed by atoms with E-state index in [-0.39, 0.29) is 0 Å². The molecular formula is C28H27Cl2N5O3. The zero-order valence-corrected chi connectivity index (χ0v) is 22.3. The van der Waals surface area contributed by atoms with Gasteiger partial charge in [-0.2, -0.15) is 5.26 Å². The Morgan fingerprint density at radius 3 is 2.61 bits per heavy atom. The predicted octanol–water partition coefficient (Wildman–Crippen LogP) is 6.18. The molecule has 2 aromatic carbocycles. The first kappa shape index (κ1) is 22.5. The molecule has 1 atom stereocenters. The van der Waals surface area contributed by atoms with E-state index in [2.05, 4.69) is 16.4 Å². The van der Waals surface area contributed by atoms with E-state index in [0.29, 0.717) is 86.9 Å². The minimum atomic E-state index is -1.00. The lowest BCUT2D eigenvalue weighted by atomic mass is 10.0. The SMILES string of the molecule is [2H]C([2H])N1CCN(C([2H])c2cc(-c3cc4ncc(C#N)c(Nc5cc(OC)c(Cl)cc5Cl)c4cc3OC)co2)CC1. The van der Waals surface area contributed by atoms with Crippen LogP contribution in [0.5, 0.6) is 11.5 Å². The van der Waals surface area contributed by atoms with Crippen molar-refractivity contribution in [1.82, 2.24) is 14.8 Å². The molecule has 4 aromatic rings. The highest BCUT2D eigenvalue weighted by Crippen LogP contribution is 2.41. The monoisotopic (exact) mass is 554 g/mol. The van der Waals surface area contributed by atoms with Crippen molar-refractivity contribution in [3.63, 3.8) is 0 Å². The highest BCUT2D eigenvalue weighted by atomic mass is 35.5. The fourth-order valence-electron chi connectivity index (χ4n) is 4.36. The molecule has 5 rings (SSSR count). The molecule has 0 radical (unpaired) electrons. The fraction of sp³-hybridized carbons (Fsp3) is 0.286. The number of pyridine rings is 1. The number of aromatic nitrogens is 1. The molecule has 0 spiro atoms. The molecule has 3 heterocycles. The van der Waals surface area contributed by atoms with Gasteiger partial charge in [-0.15, -0.1) is 0 Å². The van der Waals surface area contributed by atoms with Crippen molar-refractivity contribution in [3.8, 4) is 28.7 Å². The lowest BCUT2D eigenvalue weighted by Gasteiger charge is -2.31. The molecule has 1 fully saturated rings. The van der Waals surface area contributed by atoms with Gasteiger partial charge >= 0.3 is 0 Å². The van der Waals surface area contributed by atoms with Crippen molar-refractivity contribution in [2.24, 2.45) is 0 Å². The molecule has 2 aromatic heterocycles. The first-order valence-corrected chi connectivity index (χ1v) is 12.5. The number of nitrogens with one attached hydrogen (secondary N) is 1. The largest absolute Gasteiger partial charge is 0.496 e. The average molecular weight is 555 g/mol. The van der Waals surface area contributed by atoms with Gasteiger partial charge in [-0.1, -0.05) is 23.2 Å². The summed E-state index contributed by atoms with van der Waals surface area (Å²) in [6, 6.07) is 10.9. The molecule has 1 aliphatic heterocycles. The Bertz CT molecular complexity index is 1620. The normalized spacial score (nSPS) is 16.5. The van der Waals surface area contributed by atoms with Gasteiger partial charge in [-0.25, -0.2) is 0 Å². The maximum absolute atomic E-state index is 9.84. The van der Waals surface area contributed by atoms with Crippen LogP contribution in [0.1, 0.15) is 15.4 Å². The van der Waals surface area contributed by atoms with Gasteiger partial charge in [0.15, 0.2) is 0 Å². The zero-order valence-electron chi connectivity index (χ0n) is 23.8. The van der Waals surface area contributed by atoms with E-state index in [4.69, 9.17) is 41.2 Å². The molecule has 1 unspecified atom stereocenters. The number of likely N-dealkylation sites (N-methyl/N-ethyl adjacent to an activating group) is 1. The maximum Gasteiger partial charge on any atom is 0.139 e. The number of hydrogen-bond acceptors (Lipinski definition) is 8. The number of anilines is 2. The molecule has 10 heteroatoms. The summed E-state index contributed by atoms with van der Waals surface area (Å²) in [6.45, 7) is 0.529. The average Bonchev–Trinajstić information content (AvgIpc) is 3.47. The van der Waals surface area contributed by atoms with Gasteiger partial charge in [0, 0.05) is 57.7 Å². The van der Waals surface area contributed by atoms with Gasteiger partial charge in [0.1, 0.15) is 23.3 Å². The van der Waals surface area contributed by atoms with Crippen LogP contribution < -0.4 is 14.8 Å². The van der Waals surface area contributed by atoms with E-state index < -0.39 is 13.5 Å². The minimum Gasteiger partial charge on any atom is -0.496 e. The number of piperazine rings is 1. The molecule has 0 amide bonds. The van der Waals surface area contributed by atoms with Gasteiger partial charge in [0.2, 0.25) is 0 Å². The summed E-state index contributed by atoms with van der Waals surface area (Å²) in [6.07, 6.45) is 3.07. The molecule has 0 bridgehead atoms. The van der Waals surface area contributed by atoms with Crippen LogP contribution in [0.4, 0.5) is 11.4 Å². The van der Waals surface area contributed by atoms with Crippen molar-refractivity contribution in [1.29, 1.82) is 5.26 Å². The van der Waals surface area contributed by atoms with Gasteiger partial charge in [0.25, 0.3) is 0 Å². The molecular weight excluding hydrogens is 525 g/mol. The van der Waals surface area contributed by atoms with E-state index >= 15 is 0 Å². The van der Waals surface area contributed by atoms with Crippen molar-refractivity contribution in [3.05, 3.63) is 64.2 Å². The smallest absolute Gasteiger partial charge is 0.139 e. The van der Waals surface area contributed by atoms with E-state index in [0.717, 1.165) is 5.56 Å². The Morgan fingerprint density at radius 2 is 1.89 bits per heavy atom. The van der Waals surface area contributed by atoms with Crippen LogP contribution in [0.15, 0.2) is 47.2 Å². The quantitative estimate of drug-likeness (QED) is 0.289. The second kappa shape index (κ2) is 11.1. The first-order valence-electron chi connectivity index (χ1n) is 13.5. The minimum absolute atomic E-state index is 0.308. The Kier molecular flexibility index (Phi) is 6.57. The lowest BCUT2D eigenvalue weighted by Crippen LogP contribution is -2.43. The van der Waals surface area contributed by atoms with Crippen molar-refractivity contribution in [2.75, 3.05) is 52.7 Å². The van der Waals surface area contributed by atoms with Crippen molar-refractivity contribution in [2.45, 2.75) is 6.52 Å². The molecule has 196 valence electrons. The summed E-state index contributed by atoms with van der Waals surface area (Å²) in [7, 11) is 3.06. The molecule has 1 aliphatic rings. The van der Waals surface area contributed by atoms with Gasteiger partial charge in [0.05, 0.1) is 60.9 Å². The molecule has 0 saturated carbocycles. The van der Waals surface area contributed by atoms with Gasteiger partial charge in [-0.3, -0.25) is 9.88 Å². The van der Waals surface area contributed by atoms with Crippen LogP contribution in [-0.2, 0) is 6.52 Å². The summed E-state index contributed by atoms with van der Waals surface area (Å²) in [5, 5.41) is 14.4. The summed E-state index contributed by atoms with van der Waals surface area (Å²) in [5.74, 6) is 1.43.